The molecule has 4 heteroatoms. The van der Waals surface area contributed by atoms with Crippen molar-refractivity contribution in [2.45, 2.75) is 5.92 Å². The highest BCUT2D eigenvalue weighted by Crippen LogP contribution is 2.44. The molecule has 0 fully saturated rings. The van der Waals surface area contributed by atoms with E-state index in [4.69, 9.17) is 10.5 Å². The maximum absolute atomic E-state index is 9.61. The van der Waals surface area contributed by atoms with Crippen molar-refractivity contribution in [1.82, 2.24) is 0 Å². The largest absolute Gasteiger partial charge is 0.433 e. The quantitative estimate of drug-likeness (QED) is 0.703. The van der Waals surface area contributed by atoms with Gasteiger partial charge in [0.2, 0.25) is 11.6 Å². The summed E-state index contributed by atoms with van der Waals surface area (Å²) < 4.78 is 7.91. The van der Waals surface area contributed by atoms with Gasteiger partial charge in [0.05, 0.1) is 11.3 Å². The van der Waals surface area contributed by atoms with Crippen LogP contribution in [0.25, 0.3) is 10.9 Å². The SMILES string of the molecule is C[n+]1cccc2ccc3c(c21)OC(N)=C(C#N)C3c1ccccc1. The fraction of sp³-hybridized carbons (Fsp3) is 0.100. The summed E-state index contributed by atoms with van der Waals surface area (Å²) in [6, 6.07) is 20.3. The molecular formula is C20H16N3O+. The molecule has 0 bridgehead atoms. The number of aromatic nitrogens is 1. The van der Waals surface area contributed by atoms with Gasteiger partial charge in [0.15, 0.2) is 6.20 Å². The van der Waals surface area contributed by atoms with E-state index in [9.17, 15) is 5.26 Å². The van der Waals surface area contributed by atoms with Crippen LogP contribution in [0.4, 0.5) is 0 Å². The molecule has 1 aliphatic heterocycles. The van der Waals surface area contributed by atoms with Gasteiger partial charge in [-0.2, -0.15) is 9.83 Å². The Kier molecular flexibility index (Phi) is 3.21. The summed E-state index contributed by atoms with van der Waals surface area (Å²) in [7, 11) is 1.98. The second-order valence-electron chi connectivity index (χ2n) is 5.88. The summed E-state index contributed by atoms with van der Waals surface area (Å²) in [5.41, 5.74) is 9.50. The third-order valence-corrected chi connectivity index (χ3v) is 4.46. The Balaban J connectivity index is 2.06. The van der Waals surface area contributed by atoms with Crippen LogP contribution in [0, 0.1) is 11.3 Å². The van der Waals surface area contributed by atoms with Crippen molar-refractivity contribution in [3.8, 4) is 11.8 Å². The summed E-state index contributed by atoms with van der Waals surface area (Å²) in [6.07, 6.45) is 1.98. The zero-order valence-electron chi connectivity index (χ0n) is 13.2. The van der Waals surface area contributed by atoms with Crippen LogP contribution in [0.2, 0.25) is 0 Å². The van der Waals surface area contributed by atoms with Crippen LogP contribution in [0.5, 0.6) is 5.75 Å². The Hall–Kier alpha value is -3.32. The first kappa shape index (κ1) is 14.3. The van der Waals surface area contributed by atoms with Crippen LogP contribution in [0.15, 0.2) is 72.3 Å². The van der Waals surface area contributed by atoms with Gasteiger partial charge >= 0.3 is 0 Å². The van der Waals surface area contributed by atoms with Gasteiger partial charge in [0, 0.05) is 11.6 Å². The van der Waals surface area contributed by atoms with Crippen molar-refractivity contribution in [3.63, 3.8) is 0 Å². The van der Waals surface area contributed by atoms with Crippen molar-refractivity contribution < 1.29 is 9.30 Å². The molecule has 2 N–H and O–H groups in total. The molecular weight excluding hydrogens is 298 g/mol. The molecule has 0 saturated carbocycles. The maximum atomic E-state index is 9.61. The van der Waals surface area contributed by atoms with E-state index >= 15 is 0 Å². The van der Waals surface area contributed by atoms with E-state index in [0.717, 1.165) is 27.8 Å². The molecule has 1 aliphatic rings. The number of nitriles is 1. The molecule has 4 rings (SSSR count). The smallest absolute Gasteiger partial charge is 0.255 e. The van der Waals surface area contributed by atoms with Gasteiger partial charge in [-0.25, -0.2) is 0 Å². The van der Waals surface area contributed by atoms with Crippen molar-refractivity contribution in [3.05, 3.63) is 83.4 Å². The number of aryl methyl sites for hydroxylation is 1. The molecule has 1 unspecified atom stereocenters. The predicted octanol–water partition coefficient (Wildman–Crippen LogP) is 2.88. The monoisotopic (exact) mass is 314 g/mol. The summed E-state index contributed by atoms with van der Waals surface area (Å²) >= 11 is 0. The van der Waals surface area contributed by atoms with E-state index in [-0.39, 0.29) is 11.8 Å². The van der Waals surface area contributed by atoms with E-state index in [1.165, 1.54) is 0 Å². The summed E-state index contributed by atoms with van der Waals surface area (Å²) in [5, 5.41) is 10.7. The number of hydrogen-bond acceptors (Lipinski definition) is 3. The molecule has 116 valence electrons. The predicted molar refractivity (Wildman–Crippen MR) is 90.9 cm³/mol. The number of nitrogens with zero attached hydrogens (tertiary/aromatic N) is 2. The van der Waals surface area contributed by atoms with Crippen LogP contribution in [-0.4, -0.2) is 0 Å². The molecule has 0 aliphatic carbocycles. The average molecular weight is 314 g/mol. The molecule has 24 heavy (non-hydrogen) atoms. The second kappa shape index (κ2) is 5.39. The normalized spacial score (nSPS) is 16.4. The van der Waals surface area contributed by atoms with Crippen LogP contribution in [-0.2, 0) is 7.05 Å². The van der Waals surface area contributed by atoms with Crippen LogP contribution in [0.3, 0.4) is 0 Å². The zero-order valence-corrected chi connectivity index (χ0v) is 13.2. The lowest BCUT2D eigenvalue weighted by Gasteiger charge is -2.26. The third kappa shape index (κ3) is 2.03. The van der Waals surface area contributed by atoms with E-state index < -0.39 is 0 Å². The Morgan fingerprint density at radius 1 is 1.08 bits per heavy atom. The fourth-order valence-corrected chi connectivity index (χ4v) is 3.36. The Bertz CT molecular complexity index is 1020. The molecule has 0 radical (unpaired) electrons. The summed E-state index contributed by atoms with van der Waals surface area (Å²) in [4.78, 5) is 0. The molecule has 4 nitrogen and oxygen atoms in total. The highest BCUT2D eigenvalue weighted by atomic mass is 16.5. The van der Waals surface area contributed by atoms with Gasteiger partial charge in [-0.3, -0.25) is 0 Å². The van der Waals surface area contributed by atoms with Gasteiger partial charge < -0.3 is 10.5 Å². The number of hydrogen-bond donors (Lipinski definition) is 1. The second-order valence-corrected chi connectivity index (χ2v) is 5.88. The molecule has 0 saturated heterocycles. The van der Waals surface area contributed by atoms with E-state index in [2.05, 4.69) is 12.1 Å². The first-order valence-corrected chi connectivity index (χ1v) is 7.74. The zero-order chi connectivity index (χ0) is 16.7. The van der Waals surface area contributed by atoms with Gasteiger partial charge in [-0.1, -0.05) is 36.4 Å². The van der Waals surface area contributed by atoms with E-state index in [0.29, 0.717) is 5.57 Å². The first-order chi connectivity index (χ1) is 11.7. The Morgan fingerprint density at radius 2 is 1.88 bits per heavy atom. The van der Waals surface area contributed by atoms with Gasteiger partial charge in [0.25, 0.3) is 5.52 Å². The van der Waals surface area contributed by atoms with Crippen LogP contribution < -0.4 is 15.0 Å². The number of ether oxygens (including phenoxy) is 1. The van der Waals surface area contributed by atoms with E-state index in [1.807, 2.05) is 66.3 Å². The average Bonchev–Trinajstić information content (AvgIpc) is 2.61. The topological polar surface area (TPSA) is 62.9 Å². The molecule has 1 aromatic heterocycles. The number of rotatable bonds is 1. The molecule has 1 atom stereocenters. The number of benzene rings is 2. The Labute approximate surface area is 140 Å². The first-order valence-electron chi connectivity index (χ1n) is 7.74. The van der Waals surface area contributed by atoms with Crippen LogP contribution >= 0.6 is 0 Å². The molecule has 2 aromatic carbocycles. The van der Waals surface area contributed by atoms with Gasteiger partial charge in [0.1, 0.15) is 18.7 Å². The number of fused-ring (bicyclic) bond motifs is 3. The number of nitrogens with two attached hydrogens (primary N) is 1. The lowest BCUT2D eigenvalue weighted by molar-refractivity contribution is -0.645. The minimum Gasteiger partial charge on any atom is -0.433 e. The standard InChI is InChI=1S/C20H16N3O/c1-23-11-5-8-14-9-10-15-17(13-6-3-2-4-7-13)16(12-21)20(22)24-19(15)18(14)23/h2-11,17H,22H2,1H3/q+1. The van der Waals surface area contributed by atoms with Crippen molar-refractivity contribution in [2.75, 3.05) is 0 Å². The van der Waals surface area contributed by atoms with Crippen LogP contribution in [0.1, 0.15) is 17.0 Å². The number of allylic oxidation sites excluding steroid dienone is 1. The lowest BCUT2D eigenvalue weighted by atomic mass is 9.83. The summed E-state index contributed by atoms with van der Waals surface area (Å²) in [5.74, 6) is 0.681. The van der Waals surface area contributed by atoms with Crippen molar-refractivity contribution >= 4 is 10.9 Å². The molecule has 0 spiro atoms. The van der Waals surface area contributed by atoms with Crippen molar-refractivity contribution in [1.29, 1.82) is 5.26 Å². The maximum Gasteiger partial charge on any atom is 0.255 e. The summed E-state index contributed by atoms with van der Waals surface area (Å²) in [6.45, 7) is 0. The highest BCUT2D eigenvalue weighted by molar-refractivity contribution is 5.84. The minimum atomic E-state index is -0.218. The molecule has 3 aromatic rings. The van der Waals surface area contributed by atoms with Gasteiger partial charge in [-0.15, -0.1) is 0 Å². The minimum absolute atomic E-state index is 0.176. The Morgan fingerprint density at radius 3 is 2.62 bits per heavy atom. The highest BCUT2D eigenvalue weighted by Gasteiger charge is 2.33. The number of pyridine rings is 1. The fourth-order valence-electron chi connectivity index (χ4n) is 3.36. The third-order valence-electron chi connectivity index (χ3n) is 4.46. The lowest BCUT2D eigenvalue weighted by Crippen LogP contribution is -2.30. The van der Waals surface area contributed by atoms with Gasteiger partial charge in [-0.05, 0) is 17.7 Å². The molecule has 2 heterocycles. The van der Waals surface area contributed by atoms with E-state index in [1.54, 1.807) is 0 Å². The van der Waals surface area contributed by atoms with Crippen molar-refractivity contribution in [2.24, 2.45) is 12.8 Å². The molecule has 0 amide bonds.